The molecule has 0 saturated heterocycles. The smallest absolute Gasteiger partial charge is 0.279 e. The number of carbonyl (C=O) groups is 1. The van der Waals surface area contributed by atoms with Crippen LogP contribution in [0.5, 0.6) is 5.75 Å². The second-order valence-electron chi connectivity index (χ2n) is 5.21. The maximum absolute atomic E-state index is 12.0. The molecule has 4 nitrogen and oxygen atoms in total. The van der Waals surface area contributed by atoms with E-state index in [0.717, 1.165) is 21.7 Å². The van der Waals surface area contributed by atoms with Gasteiger partial charge in [-0.2, -0.15) is 0 Å². The fourth-order valence-corrected chi connectivity index (χ4v) is 2.44. The first-order valence-electron chi connectivity index (χ1n) is 7.28. The molecule has 2 aromatic carbocycles. The van der Waals surface area contributed by atoms with Crippen LogP contribution >= 0.6 is 27.5 Å². The van der Waals surface area contributed by atoms with Crippen molar-refractivity contribution < 1.29 is 14.4 Å². The lowest BCUT2D eigenvalue weighted by Gasteiger charge is -2.14. The van der Waals surface area contributed by atoms with Gasteiger partial charge < -0.3 is 15.0 Å². The Morgan fingerprint density at radius 1 is 1.22 bits per heavy atom. The van der Waals surface area contributed by atoms with Gasteiger partial charge in [0.05, 0.1) is 17.8 Å². The first-order valence-corrected chi connectivity index (χ1v) is 8.46. The molecule has 0 aliphatic heterocycles. The minimum absolute atomic E-state index is 0.0701. The Morgan fingerprint density at radius 2 is 1.91 bits per heavy atom. The Balaban J connectivity index is 1.71. The molecule has 0 aromatic heterocycles. The Hall–Kier alpha value is -1.56. The molecule has 0 spiro atoms. The Labute approximate surface area is 149 Å². The van der Waals surface area contributed by atoms with E-state index in [1.807, 2.05) is 43.4 Å². The second-order valence-corrected chi connectivity index (χ2v) is 6.54. The summed E-state index contributed by atoms with van der Waals surface area (Å²) in [7, 11) is 1.96. The molecule has 2 rings (SSSR count). The number of rotatable bonds is 7. The topological polar surface area (TPSA) is 42.8 Å². The summed E-state index contributed by atoms with van der Waals surface area (Å²) in [5.74, 6) is 0.751. The Bertz CT molecular complexity index is 649. The number of quaternary nitrogens is 1. The number of ether oxygens (including phenoxy) is 1. The molecule has 6 heteroatoms. The van der Waals surface area contributed by atoms with Crippen molar-refractivity contribution in [3.63, 3.8) is 0 Å². The summed E-state index contributed by atoms with van der Waals surface area (Å²) in [5.41, 5.74) is 0.637. The number of hydrogen-bond acceptors (Lipinski definition) is 2. The summed E-state index contributed by atoms with van der Waals surface area (Å²) in [6, 6.07) is 14.9. The van der Waals surface area contributed by atoms with Crippen molar-refractivity contribution in [3.8, 4) is 5.75 Å². The summed E-state index contributed by atoms with van der Waals surface area (Å²) in [6.07, 6.45) is 0. The van der Waals surface area contributed by atoms with Gasteiger partial charge in [-0.1, -0.05) is 39.7 Å². The largest absolute Gasteiger partial charge is 0.488 e. The van der Waals surface area contributed by atoms with Crippen LogP contribution in [-0.4, -0.2) is 32.7 Å². The van der Waals surface area contributed by atoms with E-state index in [0.29, 0.717) is 23.9 Å². The van der Waals surface area contributed by atoms with Crippen LogP contribution in [0.15, 0.2) is 53.0 Å². The molecule has 0 aliphatic rings. The predicted octanol–water partition coefficient (Wildman–Crippen LogP) is 2.63. The van der Waals surface area contributed by atoms with Gasteiger partial charge in [0.2, 0.25) is 0 Å². The van der Waals surface area contributed by atoms with Crippen LogP contribution in [-0.2, 0) is 4.79 Å². The highest BCUT2D eigenvalue weighted by Crippen LogP contribution is 2.20. The standard InChI is InChI=1S/C17H18BrClN2O2/c1-21(10-11-23-14-8-6-13(18)7-9-14)12-17(22)20-16-5-3-2-4-15(16)19/h2-9H,10-12H2,1H3,(H,20,22)/p+1. The van der Waals surface area contributed by atoms with Crippen molar-refractivity contribution in [1.29, 1.82) is 0 Å². The third-order valence-corrected chi connectivity index (χ3v) is 4.08. The SMILES string of the molecule is C[NH+](CCOc1ccc(Br)cc1)CC(=O)Nc1ccccc1Cl. The van der Waals surface area contributed by atoms with Crippen LogP contribution in [0.2, 0.25) is 5.02 Å². The Kier molecular flexibility index (Phi) is 6.89. The highest BCUT2D eigenvalue weighted by Gasteiger charge is 2.11. The molecule has 0 radical (unpaired) electrons. The van der Waals surface area contributed by atoms with Crippen molar-refractivity contribution in [2.45, 2.75) is 0 Å². The van der Waals surface area contributed by atoms with E-state index >= 15 is 0 Å². The van der Waals surface area contributed by atoms with Crippen molar-refractivity contribution in [3.05, 3.63) is 58.0 Å². The summed E-state index contributed by atoms with van der Waals surface area (Å²) < 4.78 is 6.67. The van der Waals surface area contributed by atoms with Gasteiger partial charge >= 0.3 is 0 Å². The zero-order valence-electron chi connectivity index (χ0n) is 12.8. The number of para-hydroxylation sites is 1. The van der Waals surface area contributed by atoms with Crippen molar-refractivity contribution in [1.82, 2.24) is 0 Å². The van der Waals surface area contributed by atoms with Gasteiger partial charge in [0.15, 0.2) is 6.54 Å². The second kappa shape index (κ2) is 8.91. The van der Waals surface area contributed by atoms with E-state index in [1.165, 1.54) is 0 Å². The number of carbonyl (C=O) groups excluding carboxylic acids is 1. The highest BCUT2D eigenvalue weighted by molar-refractivity contribution is 9.10. The highest BCUT2D eigenvalue weighted by atomic mass is 79.9. The number of likely N-dealkylation sites (N-methyl/N-ethyl adjacent to an activating group) is 1. The van der Waals surface area contributed by atoms with Crippen LogP contribution in [0.25, 0.3) is 0 Å². The fourth-order valence-electron chi connectivity index (χ4n) is 1.99. The number of nitrogens with one attached hydrogen (secondary N) is 2. The fraction of sp³-hybridized carbons (Fsp3) is 0.235. The van der Waals surface area contributed by atoms with Gasteiger partial charge in [-0.3, -0.25) is 4.79 Å². The summed E-state index contributed by atoms with van der Waals surface area (Å²) >= 11 is 9.41. The summed E-state index contributed by atoms with van der Waals surface area (Å²) in [5, 5.41) is 3.36. The Morgan fingerprint density at radius 3 is 2.61 bits per heavy atom. The monoisotopic (exact) mass is 397 g/mol. The van der Waals surface area contributed by atoms with Crippen LogP contribution in [0.3, 0.4) is 0 Å². The zero-order valence-corrected chi connectivity index (χ0v) is 15.2. The van der Waals surface area contributed by atoms with Crippen molar-refractivity contribution in [2.24, 2.45) is 0 Å². The zero-order chi connectivity index (χ0) is 16.7. The van der Waals surface area contributed by atoms with Gasteiger partial charge in [0.25, 0.3) is 5.91 Å². The van der Waals surface area contributed by atoms with E-state index in [9.17, 15) is 4.79 Å². The van der Waals surface area contributed by atoms with Crippen LogP contribution in [0.1, 0.15) is 0 Å². The molecule has 0 aliphatic carbocycles. The normalized spacial score (nSPS) is 11.8. The molecular weight excluding hydrogens is 380 g/mol. The molecule has 1 unspecified atom stereocenters. The number of hydrogen-bond donors (Lipinski definition) is 2. The minimum Gasteiger partial charge on any atom is -0.488 e. The lowest BCUT2D eigenvalue weighted by Crippen LogP contribution is -3.10. The quantitative estimate of drug-likeness (QED) is 0.753. The molecule has 1 atom stereocenters. The van der Waals surface area contributed by atoms with Gasteiger partial charge in [-0.05, 0) is 36.4 Å². The molecule has 0 heterocycles. The van der Waals surface area contributed by atoms with Crippen LogP contribution in [0.4, 0.5) is 5.69 Å². The summed E-state index contributed by atoms with van der Waals surface area (Å²) in [6.45, 7) is 1.63. The van der Waals surface area contributed by atoms with E-state index in [-0.39, 0.29) is 5.91 Å². The molecule has 2 N–H and O–H groups in total. The van der Waals surface area contributed by atoms with Gasteiger partial charge in [-0.25, -0.2) is 0 Å². The van der Waals surface area contributed by atoms with Crippen molar-refractivity contribution in [2.75, 3.05) is 32.1 Å². The van der Waals surface area contributed by atoms with E-state index in [2.05, 4.69) is 21.2 Å². The molecule has 122 valence electrons. The van der Waals surface area contributed by atoms with Gasteiger partial charge in [0, 0.05) is 4.47 Å². The molecule has 1 amide bonds. The molecular formula is C17H19BrClN2O2+. The maximum atomic E-state index is 12.0. The maximum Gasteiger partial charge on any atom is 0.279 e. The predicted molar refractivity (Wildman–Crippen MR) is 96.3 cm³/mol. The van der Waals surface area contributed by atoms with Crippen molar-refractivity contribution >= 4 is 39.1 Å². The van der Waals surface area contributed by atoms with E-state index < -0.39 is 0 Å². The molecule has 0 bridgehead atoms. The third kappa shape index (κ3) is 6.22. The average Bonchev–Trinajstić information content (AvgIpc) is 2.51. The molecule has 0 saturated carbocycles. The average molecular weight is 399 g/mol. The van der Waals surface area contributed by atoms with Crippen LogP contribution < -0.4 is 15.0 Å². The third-order valence-electron chi connectivity index (χ3n) is 3.22. The van der Waals surface area contributed by atoms with E-state index in [4.69, 9.17) is 16.3 Å². The lowest BCUT2D eigenvalue weighted by atomic mass is 10.3. The number of anilines is 1. The first kappa shape index (κ1) is 17.8. The van der Waals surface area contributed by atoms with Gasteiger partial charge in [-0.15, -0.1) is 0 Å². The summed E-state index contributed by atoms with van der Waals surface area (Å²) in [4.78, 5) is 13.1. The first-order chi connectivity index (χ1) is 11.0. The minimum atomic E-state index is -0.0701. The van der Waals surface area contributed by atoms with E-state index in [1.54, 1.807) is 12.1 Å². The van der Waals surface area contributed by atoms with Crippen LogP contribution in [0, 0.1) is 0 Å². The number of halogens is 2. The molecule has 0 fully saturated rings. The number of amides is 1. The molecule has 2 aromatic rings. The molecule has 23 heavy (non-hydrogen) atoms. The van der Waals surface area contributed by atoms with Gasteiger partial charge in [0.1, 0.15) is 18.9 Å². The number of benzene rings is 2. The lowest BCUT2D eigenvalue weighted by molar-refractivity contribution is -0.871.